The molecule has 0 bridgehead atoms. The molecule has 208 valence electrons. The Balaban J connectivity index is 1.48. The summed E-state index contributed by atoms with van der Waals surface area (Å²) in [6, 6.07) is 67.2. The topological polar surface area (TPSA) is 0 Å². The molecule has 0 unspecified atom stereocenters. The van der Waals surface area contributed by atoms with Crippen molar-refractivity contribution in [2.75, 3.05) is 6.16 Å². The molecule has 0 N–H and O–H groups in total. The van der Waals surface area contributed by atoms with E-state index in [-0.39, 0.29) is 0 Å². The summed E-state index contributed by atoms with van der Waals surface area (Å²) in [7, 11) is -4.72. The quantitative estimate of drug-likeness (QED) is 0.149. The molecule has 0 aliphatic carbocycles. The van der Waals surface area contributed by atoms with Gasteiger partial charge in [0.25, 0.3) is 0 Å². The molecule has 6 rings (SSSR count). The minimum absolute atomic E-state index is 1.01. The zero-order valence-electron chi connectivity index (χ0n) is 23.9. The Morgan fingerprint density at radius 1 is 0.333 bits per heavy atom. The van der Waals surface area contributed by atoms with Crippen molar-refractivity contribution >= 4 is 46.4 Å². The maximum absolute atomic E-state index is 2.60. The number of hydrogen-bond donors (Lipinski definition) is 0. The second kappa shape index (κ2) is 13.3. The monoisotopic (exact) mass is 580 g/mol. The Bertz CT molecular complexity index is 1490. The molecule has 0 saturated carbocycles. The van der Waals surface area contributed by atoms with Crippen LogP contribution < -0.4 is 31.8 Å². The van der Waals surface area contributed by atoms with Crippen molar-refractivity contribution in [2.45, 2.75) is 6.42 Å². The molecule has 0 aliphatic rings. The summed E-state index contributed by atoms with van der Waals surface area (Å²) >= 11 is 0. The summed E-state index contributed by atoms with van der Waals surface area (Å²) in [4.78, 5) is 0. The van der Waals surface area contributed by atoms with Gasteiger partial charge in [0.05, 0.1) is 0 Å². The second-order valence-corrected chi connectivity index (χ2v) is 18.6. The van der Waals surface area contributed by atoms with Gasteiger partial charge in [0, 0.05) is 0 Å². The Kier molecular flexibility index (Phi) is 8.86. The zero-order chi connectivity index (χ0) is 28.5. The van der Waals surface area contributed by atoms with E-state index in [4.69, 9.17) is 0 Å². The first-order valence-corrected chi connectivity index (χ1v) is 19.1. The standard InChI is InChI=1S/C40H38P2/c1-7-21-35(22-8-1)41(36-23-9-2-10-24-36,37-25-11-3-12-26-37)33-19-20-34-42(38-27-13-4-14-28-38,39-29-15-5-16-30-39)40-31-17-6-18-32-40/h1-19,21-33,41-42H,20,34H2. The Morgan fingerprint density at radius 3 is 0.881 bits per heavy atom. The van der Waals surface area contributed by atoms with Crippen molar-refractivity contribution in [1.29, 1.82) is 0 Å². The molecule has 42 heavy (non-hydrogen) atoms. The van der Waals surface area contributed by atoms with Crippen molar-refractivity contribution in [3.8, 4) is 0 Å². The normalized spacial score (nSPS) is 12.7. The molecule has 0 aliphatic heterocycles. The van der Waals surface area contributed by atoms with Gasteiger partial charge in [-0.2, -0.15) is 0 Å². The molecule has 0 amide bonds. The first kappa shape index (κ1) is 28.1. The molecule has 0 fully saturated rings. The van der Waals surface area contributed by atoms with Gasteiger partial charge in [0.1, 0.15) is 0 Å². The van der Waals surface area contributed by atoms with Gasteiger partial charge in [0.15, 0.2) is 0 Å². The number of allylic oxidation sites excluding steroid dienone is 1. The third-order valence-electron chi connectivity index (χ3n) is 8.54. The van der Waals surface area contributed by atoms with Gasteiger partial charge in [-0.1, -0.05) is 0 Å². The van der Waals surface area contributed by atoms with Gasteiger partial charge in [-0.05, 0) is 0 Å². The summed E-state index contributed by atoms with van der Waals surface area (Å²) < 4.78 is 0. The van der Waals surface area contributed by atoms with Crippen molar-refractivity contribution in [1.82, 2.24) is 0 Å². The van der Waals surface area contributed by atoms with Gasteiger partial charge in [-0.25, -0.2) is 0 Å². The molecule has 0 heterocycles. The van der Waals surface area contributed by atoms with Crippen LogP contribution in [-0.4, -0.2) is 6.16 Å². The van der Waals surface area contributed by atoms with E-state index in [1.807, 2.05) is 0 Å². The van der Waals surface area contributed by atoms with Crippen molar-refractivity contribution in [3.05, 3.63) is 194 Å². The van der Waals surface area contributed by atoms with Crippen molar-refractivity contribution < 1.29 is 0 Å². The summed E-state index contributed by atoms with van der Waals surface area (Å²) in [5.41, 5.74) is 0. The van der Waals surface area contributed by atoms with Gasteiger partial charge in [-0.3, -0.25) is 0 Å². The van der Waals surface area contributed by atoms with Crippen LogP contribution in [0, 0.1) is 0 Å². The Hall–Kier alpha value is -4.08. The van der Waals surface area contributed by atoms with Crippen LogP contribution in [0.4, 0.5) is 0 Å². The predicted molar refractivity (Wildman–Crippen MR) is 192 cm³/mol. The van der Waals surface area contributed by atoms with Crippen LogP contribution in [-0.2, 0) is 0 Å². The molecule has 0 spiro atoms. The van der Waals surface area contributed by atoms with Gasteiger partial charge in [0.2, 0.25) is 0 Å². The minimum atomic E-state index is -2.42. The average Bonchev–Trinajstić information content (AvgIpc) is 3.09. The Morgan fingerprint density at radius 2 is 0.595 bits per heavy atom. The van der Waals surface area contributed by atoms with E-state index < -0.39 is 14.5 Å². The van der Waals surface area contributed by atoms with Crippen LogP contribution in [0.2, 0.25) is 0 Å². The van der Waals surface area contributed by atoms with Crippen LogP contribution in [0.15, 0.2) is 194 Å². The van der Waals surface area contributed by atoms with E-state index in [9.17, 15) is 0 Å². The third-order valence-corrected chi connectivity index (χ3v) is 18.0. The predicted octanol–water partition coefficient (Wildman–Crippen LogP) is 7.34. The van der Waals surface area contributed by atoms with Gasteiger partial charge >= 0.3 is 253 Å². The Labute approximate surface area is 252 Å². The van der Waals surface area contributed by atoms with Crippen LogP contribution in [0.25, 0.3) is 0 Å². The fraction of sp³-hybridized carbons (Fsp3) is 0.0500. The van der Waals surface area contributed by atoms with E-state index in [1.54, 1.807) is 0 Å². The first-order chi connectivity index (χ1) is 20.8. The van der Waals surface area contributed by atoms with E-state index in [0.717, 1.165) is 12.6 Å². The first-order valence-electron chi connectivity index (χ1n) is 14.8. The summed E-state index contributed by atoms with van der Waals surface area (Å²) in [6.45, 7) is 0. The maximum atomic E-state index is 2.60. The molecule has 6 aromatic rings. The summed E-state index contributed by atoms with van der Waals surface area (Å²) in [6.07, 6.45) is 4.62. The molecular weight excluding hydrogens is 542 g/mol. The molecule has 0 radical (unpaired) electrons. The molecule has 0 saturated heterocycles. The van der Waals surface area contributed by atoms with Crippen LogP contribution in [0.3, 0.4) is 0 Å². The number of hydrogen-bond acceptors (Lipinski definition) is 0. The van der Waals surface area contributed by atoms with E-state index in [1.165, 1.54) is 31.8 Å². The molecule has 2 heteroatoms. The molecule has 0 nitrogen and oxygen atoms in total. The van der Waals surface area contributed by atoms with E-state index in [0.29, 0.717) is 0 Å². The third kappa shape index (κ3) is 5.54. The van der Waals surface area contributed by atoms with Gasteiger partial charge in [-0.15, -0.1) is 0 Å². The SMILES string of the molecule is C(=C[PH](c1ccccc1)(c1ccccc1)c1ccccc1)CC[PH](c1ccccc1)(c1ccccc1)c1ccccc1. The van der Waals surface area contributed by atoms with Crippen LogP contribution in [0.5, 0.6) is 0 Å². The number of benzene rings is 6. The second-order valence-electron chi connectivity index (χ2n) is 10.9. The van der Waals surface area contributed by atoms with E-state index in [2.05, 4.69) is 194 Å². The van der Waals surface area contributed by atoms with Crippen LogP contribution in [0.1, 0.15) is 6.42 Å². The molecule has 6 aromatic carbocycles. The van der Waals surface area contributed by atoms with Crippen LogP contribution >= 0.6 is 14.5 Å². The average molecular weight is 581 g/mol. The van der Waals surface area contributed by atoms with E-state index >= 15 is 0 Å². The summed E-state index contributed by atoms with van der Waals surface area (Å²) in [5, 5.41) is 8.64. The molecule has 0 aromatic heterocycles. The van der Waals surface area contributed by atoms with Gasteiger partial charge < -0.3 is 0 Å². The number of rotatable bonds is 10. The fourth-order valence-electron chi connectivity index (χ4n) is 6.55. The molecular formula is C40H38P2. The fourth-order valence-corrected chi connectivity index (χ4v) is 15.6. The van der Waals surface area contributed by atoms with Crippen molar-refractivity contribution in [2.24, 2.45) is 0 Å². The van der Waals surface area contributed by atoms with Crippen molar-refractivity contribution in [3.63, 3.8) is 0 Å². The summed E-state index contributed by atoms with van der Waals surface area (Å²) in [5.74, 6) is 2.60. The zero-order valence-corrected chi connectivity index (χ0v) is 25.9. The molecule has 0 atom stereocenters.